The van der Waals surface area contributed by atoms with E-state index in [0.717, 1.165) is 16.5 Å². The maximum absolute atomic E-state index is 12.4. The molecule has 3 rings (SSSR count). The number of fused-ring (bicyclic) bond motifs is 1. The van der Waals surface area contributed by atoms with Crippen LogP contribution in [0.5, 0.6) is 17.2 Å². The number of amides is 1. The van der Waals surface area contributed by atoms with Crippen molar-refractivity contribution >= 4 is 23.0 Å². The number of carbonyl (C=O) groups is 1. The fourth-order valence-electron chi connectivity index (χ4n) is 2.67. The first-order valence-electron chi connectivity index (χ1n) is 8.15. The van der Waals surface area contributed by atoms with Crippen LogP contribution in [0.3, 0.4) is 0 Å². The van der Waals surface area contributed by atoms with Gasteiger partial charge in [0.2, 0.25) is 5.75 Å². The summed E-state index contributed by atoms with van der Waals surface area (Å²) in [7, 11) is 4.49. The summed E-state index contributed by atoms with van der Waals surface area (Å²) in [4.78, 5) is 16.7. The van der Waals surface area contributed by atoms with E-state index in [1.165, 1.54) is 21.3 Å². The number of hydrogen-bond acceptors (Lipinski definition) is 6. The molecule has 0 aliphatic heterocycles. The van der Waals surface area contributed by atoms with Gasteiger partial charge in [-0.3, -0.25) is 9.78 Å². The maximum Gasteiger partial charge on any atom is 0.271 e. The fourth-order valence-corrected chi connectivity index (χ4v) is 2.67. The Morgan fingerprint density at radius 3 is 2.41 bits per heavy atom. The molecule has 7 heteroatoms. The van der Waals surface area contributed by atoms with Gasteiger partial charge < -0.3 is 14.2 Å². The predicted octanol–water partition coefficient (Wildman–Crippen LogP) is 3.02. The van der Waals surface area contributed by atoms with Crippen LogP contribution in [0, 0.1) is 0 Å². The average molecular weight is 365 g/mol. The number of aromatic nitrogens is 1. The van der Waals surface area contributed by atoms with Crippen LogP contribution in [0.1, 0.15) is 15.9 Å². The number of carbonyl (C=O) groups excluding carboxylic acids is 1. The normalized spacial score (nSPS) is 10.8. The van der Waals surface area contributed by atoms with E-state index in [1.807, 2.05) is 30.3 Å². The first-order chi connectivity index (χ1) is 13.2. The van der Waals surface area contributed by atoms with E-state index < -0.39 is 5.91 Å². The number of nitrogens with one attached hydrogen (secondary N) is 1. The highest BCUT2D eigenvalue weighted by Gasteiger charge is 2.16. The third kappa shape index (κ3) is 3.82. The lowest BCUT2D eigenvalue weighted by Crippen LogP contribution is -2.18. The van der Waals surface area contributed by atoms with Crippen LogP contribution in [-0.4, -0.2) is 38.4 Å². The third-order valence-corrected chi connectivity index (χ3v) is 3.98. The molecule has 1 N–H and O–H groups in total. The molecule has 27 heavy (non-hydrogen) atoms. The first kappa shape index (κ1) is 18.2. The van der Waals surface area contributed by atoms with Crippen LogP contribution in [0.4, 0.5) is 0 Å². The van der Waals surface area contributed by atoms with Crippen molar-refractivity contribution in [3.8, 4) is 17.2 Å². The lowest BCUT2D eigenvalue weighted by molar-refractivity contribution is 0.0954. The van der Waals surface area contributed by atoms with Gasteiger partial charge in [0, 0.05) is 22.7 Å². The van der Waals surface area contributed by atoms with Crippen molar-refractivity contribution in [1.82, 2.24) is 10.4 Å². The van der Waals surface area contributed by atoms with Gasteiger partial charge in [-0.1, -0.05) is 18.2 Å². The number of rotatable bonds is 6. The van der Waals surface area contributed by atoms with Gasteiger partial charge in [0.1, 0.15) is 0 Å². The summed E-state index contributed by atoms with van der Waals surface area (Å²) in [5.41, 5.74) is 4.56. The molecule has 0 unspecified atom stereocenters. The van der Waals surface area contributed by atoms with Crippen LogP contribution >= 0.6 is 0 Å². The molecule has 1 heterocycles. The molecule has 0 saturated heterocycles. The SMILES string of the molecule is COc1cc(C(=O)N/N=C/c2ccnc3ccccc23)cc(OC)c1OC. The molecule has 0 aliphatic carbocycles. The maximum atomic E-state index is 12.4. The van der Waals surface area contributed by atoms with Gasteiger partial charge in [-0.05, 0) is 24.3 Å². The number of hydrogen-bond donors (Lipinski definition) is 1. The summed E-state index contributed by atoms with van der Waals surface area (Å²) in [6.45, 7) is 0. The lowest BCUT2D eigenvalue weighted by atomic mass is 10.1. The number of pyridine rings is 1. The number of para-hydroxylation sites is 1. The van der Waals surface area contributed by atoms with Gasteiger partial charge in [0.05, 0.1) is 33.1 Å². The Morgan fingerprint density at radius 2 is 1.74 bits per heavy atom. The quantitative estimate of drug-likeness (QED) is 0.536. The third-order valence-electron chi connectivity index (χ3n) is 3.98. The van der Waals surface area contributed by atoms with Crippen molar-refractivity contribution in [3.63, 3.8) is 0 Å². The molecular formula is C20H19N3O4. The minimum absolute atomic E-state index is 0.334. The molecule has 1 aromatic heterocycles. The zero-order valence-corrected chi connectivity index (χ0v) is 15.2. The Kier molecular flexibility index (Phi) is 5.51. The van der Waals surface area contributed by atoms with E-state index in [2.05, 4.69) is 15.5 Å². The predicted molar refractivity (Wildman–Crippen MR) is 103 cm³/mol. The molecule has 1 amide bonds. The Labute approximate surface area is 156 Å². The average Bonchev–Trinajstić information content (AvgIpc) is 2.72. The van der Waals surface area contributed by atoms with Crippen molar-refractivity contribution in [2.45, 2.75) is 0 Å². The summed E-state index contributed by atoms with van der Waals surface area (Å²) in [6, 6.07) is 12.7. The van der Waals surface area contributed by atoms with Crippen LogP contribution in [0.2, 0.25) is 0 Å². The molecule has 0 fully saturated rings. The number of benzene rings is 2. The van der Waals surface area contributed by atoms with Crippen LogP contribution in [0.15, 0.2) is 53.8 Å². The Morgan fingerprint density at radius 1 is 1.04 bits per heavy atom. The molecular weight excluding hydrogens is 346 g/mol. The van der Waals surface area contributed by atoms with Crippen molar-refractivity contribution < 1.29 is 19.0 Å². The minimum atomic E-state index is -0.399. The zero-order valence-electron chi connectivity index (χ0n) is 15.2. The Balaban J connectivity index is 1.82. The van der Waals surface area contributed by atoms with E-state index in [0.29, 0.717) is 22.8 Å². The highest BCUT2D eigenvalue weighted by atomic mass is 16.5. The van der Waals surface area contributed by atoms with Gasteiger partial charge in [0.25, 0.3) is 5.91 Å². The van der Waals surface area contributed by atoms with Crippen LogP contribution < -0.4 is 19.6 Å². The van der Waals surface area contributed by atoms with Crippen molar-refractivity contribution in [1.29, 1.82) is 0 Å². The largest absolute Gasteiger partial charge is 0.493 e. The number of ether oxygens (including phenoxy) is 3. The highest BCUT2D eigenvalue weighted by molar-refractivity contribution is 5.99. The van der Waals surface area contributed by atoms with Gasteiger partial charge in [-0.2, -0.15) is 5.10 Å². The van der Waals surface area contributed by atoms with Crippen LogP contribution in [0.25, 0.3) is 10.9 Å². The van der Waals surface area contributed by atoms with Crippen molar-refractivity contribution in [2.24, 2.45) is 5.10 Å². The van der Waals surface area contributed by atoms with Gasteiger partial charge in [0.15, 0.2) is 11.5 Å². The molecule has 7 nitrogen and oxygen atoms in total. The monoisotopic (exact) mass is 365 g/mol. The number of hydrazone groups is 1. The highest BCUT2D eigenvalue weighted by Crippen LogP contribution is 2.38. The molecule has 0 radical (unpaired) electrons. The first-order valence-corrected chi connectivity index (χ1v) is 8.15. The molecule has 3 aromatic rings. The van der Waals surface area contributed by atoms with Gasteiger partial charge >= 0.3 is 0 Å². The fraction of sp³-hybridized carbons (Fsp3) is 0.150. The second-order valence-electron chi connectivity index (χ2n) is 5.53. The number of nitrogens with zero attached hydrogens (tertiary/aromatic N) is 2. The molecule has 0 atom stereocenters. The van der Waals surface area contributed by atoms with E-state index >= 15 is 0 Å². The van der Waals surface area contributed by atoms with Gasteiger partial charge in [-0.15, -0.1) is 0 Å². The molecule has 0 bridgehead atoms. The lowest BCUT2D eigenvalue weighted by Gasteiger charge is -2.13. The summed E-state index contributed by atoms with van der Waals surface area (Å²) in [5, 5.41) is 5.01. The van der Waals surface area contributed by atoms with E-state index in [9.17, 15) is 4.79 Å². The summed E-state index contributed by atoms with van der Waals surface area (Å²) >= 11 is 0. The number of methoxy groups -OCH3 is 3. The van der Waals surface area contributed by atoms with Gasteiger partial charge in [-0.25, -0.2) is 5.43 Å². The summed E-state index contributed by atoms with van der Waals surface area (Å²) in [6.07, 6.45) is 3.28. The van der Waals surface area contributed by atoms with Crippen molar-refractivity contribution in [2.75, 3.05) is 21.3 Å². The second kappa shape index (κ2) is 8.18. The topological polar surface area (TPSA) is 82.0 Å². The van der Waals surface area contributed by atoms with Crippen LogP contribution in [-0.2, 0) is 0 Å². The Bertz CT molecular complexity index is 971. The molecule has 0 saturated carbocycles. The second-order valence-corrected chi connectivity index (χ2v) is 5.53. The standard InChI is InChI=1S/C20H19N3O4/c1-25-17-10-14(11-18(26-2)19(17)27-3)20(24)23-22-12-13-8-9-21-16-7-5-4-6-15(13)16/h4-12H,1-3H3,(H,23,24)/b22-12+. The van der Waals surface area contributed by atoms with E-state index in [1.54, 1.807) is 24.5 Å². The zero-order chi connectivity index (χ0) is 19.2. The van der Waals surface area contributed by atoms with Crippen molar-refractivity contribution in [3.05, 3.63) is 59.8 Å². The molecule has 0 spiro atoms. The van der Waals surface area contributed by atoms with E-state index in [-0.39, 0.29) is 0 Å². The minimum Gasteiger partial charge on any atom is -0.493 e. The summed E-state index contributed by atoms with van der Waals surface area (Å²) < 4.78 is 15.8. The smallest absolute Gasteiger partial charge is 0.271 e. The summed E-state index contributed by atoms with van der Waals surface area (Å²) in [5.74, 6) is 0.810. The molecule has 0 aliphatic rings. The van der Waals surface area contributed by atoms with E-state index in [4.69, 9.17) is 14.2 Å². The molecule has 2 aromatic carbocycles. The molecule has 138 valence electrons. The Hall–Kier alpha value is -3.61.